The van der Waals surface area contributed by atoms with Crippen LogP contribution in [0.2, 0.25) is 0 Å². The summed E-state index contributed by atoms with van der Waals surface area (Å²) in [6.07, 6.45) is 3.59. The van der Waals surface area contributed by atoms with Crippen LogP contribution in [-0.4, -0.2) is 30.1 Å². The summed E-state index contributed by atoms with van der Waals surface area (Å²) in [5.74, 6) is -0.189. The molecule has 0 unspecified atom stereocenters. The van der Waals surface area contributed by atoms with Gasteiger partial charge in [-0.2, -0.15) is 0 Å². The van der Waals surface area contributed by atoms with Gasteiger partial charge in [-0.3, -0.25) is 4.79 Å². The van der Waals surface area contributed by atoms with E-state index in [1.165, 1.54) is 0 Å². The first-order chi connectivity index (χ1) is 13.5. The van der Waals surface area contributed by atoms with Crippen LogP contribution in [0.5, 0.6) is 0 Å². The van der Waals surface area contributed by atoms with Crippen LogP contribution < -0.4 is 20.7 Å². The Morgan fingerprint density at radius 3 is 2.39 bits per heavy atom. The second-order valence-corrected chi connectivity index (χ2v) is 6.62. The molecule has 2 aromatic carbocycles. The molecule has 0 saturated heterocycles. The highest BCUT2D eigenvalue weighted by molar-refractivity contribution is 6.59. The lowest BCUT2D eigenvalue weighted by Gasteiger charge is -2.09. The molecule has 1 amide bonds. The van der Waals surface area contributed by atoms with E-state index in [2.05, 4.69) is 10.6 Å². The van der Waals surface area contributed by atoms with Gasteiger partial charge >= 0.3 is 7.12 Å². The van der Waals surface area contributed by atoms with Crippen LogP contribution in [0, 0.1) is 6.92 Å². The number of carbonyl (C=O) groups excluding carboxylic acids is 1. The number of pyridine rings is 1. The minimum atomic E-state index is -1.52. The molecular formula is C21H23BN3O3+. The second-order valence-electron chi connectivity index (χ2n) is 6.62. The first-order valence-corrected chi connectivity index (χ1v) is 9.00. The van der Waals surface area contributed by atoms with E-state index in [-0.39, 0.29) is 5.91 Å². The van der Waals surface area contributed by atoms with Crippen molar-refractivity contribution >= 4 is 29.9 Å². The van der Waals surface area contributed by atoms with Gasteiger partial charge in [0, 0.05) is 36.1 Å². The third-order valence-corrected chi connectivity index (χ3v) is 4.46. The first kappa shape index (κ1) is 19.6. The molecule has 6 nitrogen and oxygen atoms in total. The lowest BCUT2D eigenvalue weighted by Crippen LogP contribution is -2.40. The Morgan fingerprint density at radius 2 is 1.71 bits per heavy atom. The normalized spacial score (nSPS) is 10.4. The van der Waals surface area contributed by atoms with Gasteiger partial charge in [0.25, 0.3) is 5.91 Å². The van der Waals surface area contributed by atoms with Crippen LogP contribution in [0.1, 0.15) is 21.5 Å². The molecule has 4 N–H and O–H groups in total. The molecule has 0 atom stereocenters. The summed E-state index contributed by atoms with van der Waals surface area (Å²) in [5.41, 5.74) is 4.54. The van der Waals surface area contributed by atoms with Crippen molar-refractivity contribution < 1.29 is 19.4 Å². The third kappa shape index (κ3) is 4.76. The number of aryl methyl sites for hydroxylation is 1. The van der Waals surface area contributed by atoms with E-state index in [0.29, 0.717) is 17.6 Å². The highest BCUT2D eigenvalue weighted by atomic mass is 16.4. The molecule has 0 aliphatic carbocycles. The zero-order valence-corrected chi connectivity index (χ0v) is 15.9. The molecule has 28 heavy (non-hydrogen) atoms. The van der Waals surface area contributed by atoms with Crippen LogP contribution in [0.4, 0.5) is 11.4 Å². The predicted molar refractivity (Wildman–Crippen MR) is 111 cm³/mol. The van der Waals surface area contributed by atoms with Crippen molar-refractivity contribution in [2.24, 2.45) is 0 Å². The van der Waals surface area contributed by atoms with E-state index in [9.17, 15) is 14.8 Å². The maximum absolute atomic E-state index is 12.5. The van der Waals surface area contributed by atoms with Crippen LogP contribution >= 0.6 is 0 Å². The van der Waals surface area contributed by atoms with Crippen LogP contribution in [0.15, 0.2) is 67.0 Å². The fraction of sp³-hybridized carbons (Fsp3) is 0.143. The maximum atomic E-state index is 12.5. The van der Waals surface area contributed by atoms with E-state index < -0.39 is 7.12 Å². The first-order valence-electron chi connectivity index (χ1n) is 9.00. The molecule has 0 radical (unpaired) electrons. The number of hydrogen-bond acceptors (Lipinski definition) is 4. The molecule has 0 bridgehead atoms. The fourth-order valence-corrected chi connectivity index (χ4v) is 3.04. The van der Waals surface area contributed by atoms with Crippen LogP contribution in [-0.2, 0) is 6.54 Å². The molecular weight excluding hydrogens is 353 g/mol. The Morgan fingerprint density at radius 1 is 1.04 bits per heavy atom. The predicted octanol–water partition coefficient (Wildman–Crippen LogP) is 1.30. The summed E-state index contributed by atoms with van der Waals surface area (Å²) in [5, 5.41) is 25.0. The number of carbonyl (C=O) groups is 1. The Bertz CT molecular complexity index is 975. The van der Waals surface area contributed by atoms with Crippen LogP contribution in [0.3, 0.4) is 0 Å². The average molecular weight is 376 g/mol. The summed E-state index contributed by atoms with van der Waals surface area (Å²) in [6, 6.07) is 16.4. The summed E-state index contributed by atoms with van der Waals surface area (Å²) in [4.78, 5) is 12.5. The number of amides is 1. The summed E-state index contributed by atoms with van der Waals surface area (Å²) in [6.45, 7) is 2.45. The zero-order chi connectivity index (χ0) is 20.1. The van der Waals surface area contributed by atoms with Gasteiger partial charge in [0.1, 0.15) is 0 Å². The Kier molecular flexibility index (Phi) is 6.08. The number of anilines is 2. The van der Waals surface area contributed by atoms with Crippen molar-refractivity contribution in [1.29, 1.82) is 0 Å². The minimum absolute atomic E-state index is 0.189. The van der Waals surface area contributed by atoms with Gasteiger partial charge in [0.05, 0.1) is 5.56 Å². The van der Waals surface area contributed by atoms with Gasteiger partial charge < -0.3 is 20.7 Å². The van der Waals surface area contributed by atoms with E-state index in [1.807, 2.05) is 48.9 Å². The molecule has 1 heterocycles. The summed E-state index contributed by atoms with van der Waals surface area (Å²) < 4.78 is 1.88. The number of rotatable bonds is 6. The minimum Gasteiger partial charge on any atom is -0.423 e. The van der Waals surface area contributed by atoms with Crippen LogP contribution in [0.25, 0.3) is 0 Å². The van der Waals surface area contributed by atoms with Gasteiger partial charge in [-0.1, -0.05) is 24.3 Å². The summed E-state index contributed by atoms with van der Waals surface area (Å²) >= 11 is 0. The molecule has 0 spiro atoms. The second kappa shape index (κ2) is 8.69. The Hall–Kier alpha value is -3.16. The smallest absolute Gasteiger partial charge is 0.423 e. The van der Waals surface area contributed by atoms with Crippen molar-refractivity contribution in [3.8, 4) is 0 Å². The summed E-state index contributed by atoms with van der Waals surface area (Å²) in [7, 11) is 0.322. The standard InChI is InChI=1S/C21H22BN3O3/c1-15-11-18(23-2)13-19(12-15)24-21(26)16-7-9-25(10-8-16)14-17-5-3-4-6-20(17)22(27)28/h3-13,23,27-28H,14H2,1-2H3/p+1. The number of nitrogens with one attached hydrogen (secondary N) is 2. The highest BCUT2D eigenvalue weighted by Gasteiger charge is 2.18. The van der Waals surface area contributed by atoms with Crippen molar-refractivity contribution in [2.45, 2.75) is 13.5 Å². The number of hydrogen-bond donors (Lipinski definition) is 4. The molecule has 3 aromatic rings. The molecule has 0 fully saturated rings. The monoisotopic (exact) mass is 376 g/mol. The lowest BCUT2D eigenvalue weighted by atomic mass is 9.77. The van der Waals surface area contributed by atoms with E-state index >= 15 is 0 Å². The van der Waals surface area contributed by atoms with Gasteiger partial charge in [-0.15, -0.1) is 0 Å². The Labute approximate surface area is 164 Å². The van der Waals surface area contributed by atoms with Gasteiger partial charge in [0.2, 0.25) is 0 Å². The molecule has 1 aromatic heterocycles. The van der Waals surface area contributed by atoms with Crippen molar-refractivity contribution in [3.63, 3.8) is 0 Å². The SMILES string of the molecule is CNc1cc(C)cc(NC(=O)c2cc[n+](Cc3ccccc3B(O)O)cc2)c1. The number of benzene rings is 2. The molecule has 142 valence electrons. The number of aromatic nitrogens is 1. The Balaban J connectivity index is 1.72. The average Bonchev–Trinajstić information content (AvgIpc) is 2.68. The largest absolute Gasteiger partial charge is 0.488 e. The molecule has 0 aliphatic rings. The highest BCUT2D eigenvalue weighted by Crippen LogP contribution is 2.18. The van der Waals surface area contributed by atoms with Crippen molar-refractivity contribution in [2.75, 3.05) is 17.7 Å². The number of nitrogens with zero attached hydrogens (tertiary/aromatic N) is 1. The quantitative estimate of drug-likeness (QED) is 0.386. The topological polar surface area (TPSA) is 85.5 Å². The van der Waals surface area contributed by atoms with E-state index in [4.69, 9.17) is 0 Å². The third-order valence-electron chi connectivity index (χ3n) is 4.46. The molecule has 0 saturated carbocycles. The maximum Gasteiger partial charge on any atom is 0.488 e. The molecule has 0 aliphatic heterocycles. The van der Waals surface area contributed by atoms with Crippen molar-refractivity contribution in [1.82, 2.24) is 0 Å². The zero-order valence-electron chi connectivity index (χ0n) is 15.9. The van der Waals surface area contributed by atoms with Gasteiger partial charge in [-0.25, -0.2) is 4.57 Å². The van der Waals surface area contributed by atoms with E-state index in [0.717, 1.165) is 22.5 Å². The molecule has 7 heteroatoms. The van der Waals surface area contributed by atoms with Gasteiger partial charge in [-0.05, 0) is 36.1 Å². The fourth-order valence-electron chi connectivity index (χ4n) is 3.04. The van der Waals surface area contributed by atoms with Crippen molar-refractivity contribution in [3.05, 3.63) is 83.7 Å². The van der Waals surface area contributed by atoms with E-state index in [1.54, 1.807) is 36.7 Å². The molecule has 3 rings (SSSR count). The van der Waals surface area contributed by atoms with Gasteiger partial charge in [0.15, 0.2) is 18.9 Å². The lowest BCUT2D eigenvalue weighted by molar-refractivity contribution is -0.688.